The van der Waals surface area contributed by atoms with E-state index in [1.807, 2.05) is 31.2 Å². The van der Waals surface area contributed by atoms with Crippen molar-refractivity contribution in [3.05, 3.63) is 35.4 Å². The summed E-state index contributed by atoms with van der Waals surface area (Å²) in [5.41, 5.74) is 1.93. The summed E-state index contributed by atoms with van der Waals surface area (Å²) in [4.78, 5) is 0. The number of hydrogen-bond donors (Lipinski definition) is 1. The van der Waals surface area contributed by atoms with Gasteiger partial charge in [0.1, 0.15) is 0 Å². The number of halogens is 1. The quantitative estimate of drug-likeness (QED) is 0.778. The third-order valence-corrected chi connectivity index (χ3v) is 4.13. The first-order valence-electron chi connectivity index (χ1n) is 5.68. The molecule has 0 aliphatic rings. The zero-order chi connectivity index (χ0) is 12.7. The van der Waals surface area contributed by atoms with E-state index in [0.29, 0.717) is 18.8 Å². The molecule has 1 aromatic rings. The van der Waals surface area contributed by atoms with Crippen molar-refractivity contribution in [1.29, 1.82) is 0 Å². The van der Waals surface area contributed by atoms with Crippen molar-refractivity contribution in [2.75, 3.05) is 5.75 Å². The molecular weight excluding hydrogens is 258 g/mol. The van der Waals surface area contributed by atoms with E-state index in [2.05, 4.69) is 4.72 Å². The minimum absolute atomic E-state index is 0.193. The number of benzene rings is 1. The van der Waals surface area contributed by atoms with Gasteiger partial charge in [0.2, 0.25) is 10.0 Å². The molecule has 0 saturated carbocycles. The van der Waals surface area contributed by atoms with Gasteiger partial charge in [-0.2, -0.15) is 0 Å². The number of alkyl halides is 1. The monoisotopic (exact) mass is 275 g/mol. The van der Waals surface area contributed by atoms with E-state index in [4.69, 9.17) is 11.6 Å². The topological polar surface area (TPSA) is 46.2 Å². The minimum atomic E-state index is -3.14. The van der Waals surface area contributed by atoms with Gasteiger partial charge in [-0.05, 0) is 17.5 Å². The van der Waals surface area contributed by atoms with E-state index in [1.54, 1.807) is 0 Å². The molecule has 3 nitrogen and oxygen atoms in total. The second kappa shape index (κ2) is 6.99. The van der Waals surface area contributed by atoms with Gasteiger partial charge in [0.15, 0.2) is 0 Å². The van der Waals surface area contributed by atoms with Crippen molar-refractivity contribution in [2.24, 2.45) is 0 Å². The van der Waals surface area contributed by atoms with Gasteiger partial charge >= 0.3 is 0 Å². The zero-order valence-electron chi connectivity index (χ0n) is 9.95. The fourth-order valence-electron chi connectivity index (χ4n) is 1.42. The summed E-state index contributed by atoms with van der Waals surface area (Å²) in [6.07, 6.45) is 1.57. The van der Waals surface area contributed by atoms with Gasteiger partial charge in [-0.15, -0.1) is 11.6 Å². The number of sulfonamides is 1. The van der Waals surface area contributed by atoms with Crippen LogP contribution in [0.1, 0.15) is 30.9 Å². The highest BCUT2D eigenvalue weighted by molar-refractivity contribution is 7.89. The Hall–Kier alpha value is -0.580. The third-order valence-electron chi connectivity index (χ3n) is 2.41. The standard InChI is InChI=1S/C12H18ClNO2S/c1-2-3-7-17(15,16)14-10-12-6-4-5-11(8-12)9-13/h4-6,8,14H,2-3,7,9-10H2,1H3. The van der Waals surface area contributed by atoms with E-state index >= 15 is 0 Å². The lowest BCUT2D eigenvalue weighted by molar-refractivity contribution is 0.578. The van der Waals surface area contributed by atoms with Crippen molar-refractivity contribution in [3.63, 3.8) is 0 Å². The first-order valence-corrected chi connectivity index (χ1v) is 7.87. The van der Waals surface area contributed by atoms with Crippen molar-refractivity contribution < 1.29 is 8.42 Å². The molecule has 96 valence electrons. The molecule has 0 saturated heterocycles. The third kappa shape index (κ3) is 5.52. The molecule has 0 aliphatic heterocycles. The number of rotatable bonds is 7. The molecule has 0 atom stereocenters. The van der Waals surface area contributed by atoms with E-state index in [1.165, 1.54) is 0 Å². The summed E-state index contributed by atoms with van der Waals surface area (Å²) < 4.78 is 25.8. The van der Waals surface area contributed by atoms with Gasteiger partial charge in [-0.3, -0.25) is 0 Å². The largest absolute Gasteiger partial charge is 0.212 e. The Morgan fingerprint density at radius 1 is 1.29 bits per heavy atom. The van der Waals surface area contributed by atoms with Gasteiger partial charge in [-0.25, -0.2) is 13.1 Å². The van der Waals surface area contributed by atoms with Crippen LogP contribution >= 0.6 is 11.6 Å². The van der Waals surface area contributed by atoms with E-state index < -0.39 is 10.0 Å². The molecule has 0 bridgehead atoms. The number of hydrogen-bond acceptors (Lipinski definition) is 2. The molecular formula is C12H18ClNO2S. The van der Waals surface area contributed by atoms with E-state index in [0.717, 1.165) is 17.5 Å². The molecule has 1 N–H and O–H groups in total. The fraction of sp³-hybridized carbons (Fsp3) is 0.500. The SMILES string of the molecule is CCCCS(=O)(=O)NCc1cccc(CCl)c1. The summed E-state index contributed by atoms with van der Waals surface area (Å²) >= 11 is 5.72. The minimum Gasteiger partial charge on any atom is -0.212 e. The summed E-state index contributed by atoms with van der Waals surface area (Å²) in [7, 11) is -3.14. The molecule has 5 heteroatoms. The van der Waals surface area contributed by atoms with Crippen LogP contribution in [0.4, 0.5) is 0 Å². The van der Waals surface area contributed by atoms with Crippen LogP contribution < -0.4 is 4.72 Å². The van der Waals surface area contributed by atoms with Crippen LogP contribution in [0, 0.1) is 0 Å². The highest BCUT2D eigenvalue weighted by Gasteiger charge is 2.08. The maximum absolute atomic E-state index is 11.6. The summed E-state index contributed by atoms with van der Waals surface area (Å²) in [6.45, 7) is 2.30. The Bertz CT molecular complexity index is 446. The van der Waals surface area contributed by atoms with Gasteiger partial charge in [0.05, 0.1) is 5.75 Å². The second-order valence-corrected chi connectivity index (χ2v) is 6.14. The average Bonchev–Trinajstić information content (AvgIpc) is 2.34. The lowest BCUT2D eigenvalue weighted by Crippen LogP contribution is -2.25. The Balaban J connectivity index is 2.54. The van der Waals surface area contributed by atoms with Crippen molar-refractivity contribution in [1.82, 2.24) is 4.72 Å². The van der Waals surface area contributed by atoms with E-state index in [-0.39, 0.29) is 5.75 Å². The van der Waals surface area contributed by atoms with Crippen LogP contribution in [-0.2, 0) is 22.4 Å². The molecule has 1 rings (SSSR count). The molecule has 0 aromatic heterocycles. The first kappa shape index (κ1) is 14.5. The second-order valence-electron chi connectivity index (χ2n) is 3.95. The van der Waals surface area contributed by atoms with Crippen LogP contribution in [0.15, 0.2) is 24.3 Å². The zero-order valence-corrected chi connectivity index (χ0v) is 11.5. The van der Waals surface area contributed by atoms with Gasteiger partial charge in [0.25, 0.3) is 0 Å². The van der Waals surface area contributed by atoms with Crippen molar-refractivity contribution >= 4 is 21.6 Å². The highest BCUT2D eigenvalue weighted by atomic mass is 35.5. The van der Waals surface area contributed by atoms with Gasteiger partial charge < -0.3 is 0 Å². The molecule has 0 radical (unpaired) electrons. The van der Waals surface area contributed by atoms with Gasteiger partial charge in [-0.1, -0.05) is 37.6 Å². The molecule has 17 heavy (non-hydrogen) atoms. The maximum Gasteiger partial charge on any atom is 0.211 e. The lowest BCUT2D eigenvalue weighted by atomic mass is 10.1. The first-order chi connectivity index (χ1) is 8.07. The van der Waals surface area contributed by atoms with Gasteiger partial charge in [0, 0.05) is 12.4 Å². The molecule has 0 fully saturated rings. The normalized spacial score (nSPS) is 11.6. The highest BCUT2D eigenvalue weighted by Crippen LogP contribution is 2.08. The molecule has 0 aliphatic carbocycles. The molecule has 0 amide bonds. The van der Waals surface area contributed by atoms with Crippen LogP contribution in [0.5, 0.6) is 0 Å². The van der Waals surface area contributed by atoms with Crippen LogP contribution in [-0.4, -0.2) is 14.2 Å². The summed E-state index contributed by atoms with van der Waals surface area (Å²) in [5.74, 6) is 0.634. The Morgan fingerprint density at radius 2 is 2.00 bits per heavy atom. The van der Waals surface area contributed by atoms with Crippen molar-refractivity contribution in [2.45, 2.75) is 32.2 Å². The van der Waals surface area contributed by atoms with E-state index in [9.17, 15) is 8.42 Å². The van der Waals surface area contributed by atoms with Crippen LogP contribution in [0.2, 0.25) is 0 Å². The molecule has 0 heterocycles. The molecule has 0 spiro atoms. The summed E-state index contributed by atoms with van der Waals surface area (Å²) in [6, 6.07) is 7.60. The van der Waals surface area contributed by atoms with Crippen molar-refractivity contribution in [3.8, 4) is 0 Å². The molecule has 1 aromatic carbocycles. The average molecular weight is 276 g/mol. The smallest absolute Gasteiger partial charge is 0.211 e. The van der Waals surface area contributed by atoms with Crippen LogP contribution in [0.3, 0.4) is 0 Å². The lowest BCUT2D eigenvalue weighted by Gasteiger charge is -2.07. The predicted octanol–water partition coefficient (Wildman–Crippen LogP) is 2.64. The van der Waals surface area contributed by atoms with Crippen LogP contribution in [0.25, 0.3) is 0 Å². The number of nitrogens with one attached hydrogen (secondary N) is 1. The maximum atomic E-state index is 11.6. The Kier molecular flexibility index (Phi) is 5.95. The fourth-order valence-corrected chi connectivity index (χ4v) is 2.79. The Morgan fingerprint density at radius 3 is 2.65 bits per heavy atom. The number of unbranched alkanes of at least 4 members (excludes halogenated alkanes) is 1. The predicted molar refractivity (Wildman–Crippen MR) is 71.5 cm³/mol. The Labute approximate surface area is 108 Å². The molecule has 0 unspecified atom stereocenters. The summed E-state index contributed by atoms with van der Waals surface area (Å²) in [5, 5.41) is 0.